The van der Waals surface area contributed by atoms with Gasteiger partial charge < -0.3 is 10.0 Å². The lowest BCUT2D eigenvalue weighted by Gasteiger charge is -2.07. The minimum Gasteiger partial charge on any atom is -0.423 e. The average molecular weight is 264 g/mol. The number of benzene rings is 1. The van der Waals surface area contributed by atoms with Gasteiger partial charge in [-0.15, -0.1) is 0 Å². The quantitative estimate of drug-likeness (QED) is 0.582. The maximum atomic E-state index is 13.3. The van der Waals surface area contributed by atoms with E-state index in [1.54, 1.807) is 0 Å². The second-order valence-electron chi connectivity index (χ2n) is 3.97. The number of nitrogens with zero attached hydrogens (tertiary/aromatic N) is 1. The van der Waals surface area contributed by atoms with Gasteiger partial charge in [0.15, 0.2) is 0 Å². The number of hydrogen-bond donors (Lipinski definition) is 3. The van der Waals surface area contributed by atoms with E-state index in [4.69, 9.17) is 10.0 Å². The zero-order valence-electron chi connectivity index (χ0n) is 9.71. The lowest BCUT2D eigenvalue weighted by molar-refractivity contribution is 0.423. The van der Waals surface area contributed by atoms with Gasteiger partial charge in [0, 0.05) is 17.7 Å². The average Bonchev–Trinajstić information content (AvgIpc) is 2.34. The van der Waals surface area contributed by atoms with Crippen molar-refractivity contribution in [3.63, 3.8) is 0 Å². The van der Waals surface area contributed by atoms with Crippen molar-refractivity contribution < 1.29 is 14.4 Å². The van der Waals surface area contributed by atoms with Crippen molar-refractivity contribution >= 4 is 12.6 Å². The van der Waals surface area contributed by atoms with Crippen LogP contribution in [0.1, 0.15) is 5.56 Å². The fourth-order valence-electron chi connectivity index (χ4n) is 1.65. The summed E-state index contributed by atoms with van der Waals surface area (Å²) in [5.74, 6) is -0.743. The molecule has 0 aliphatic rings. The van der Waals surface area contributed by atoms with E-state index >= 15 is 0 Å². The van der Waals surface area contributed by atoms with E-state index in [0.29, 0.717) is 5.56 Å². The summed E-state index contributed by atoms with van der Waals surface area (Å²) < 4.78 is 14.5. The van der Waals surface area contributed by atoms with Crippen LogP contribution in [0.2, 0.25) is 0 Å². The Hall–Kier alpha value is -2.19. The van der Waals surface area contributed by atoms with E-state index in [-0.39, 0.29) is 12.0 Å². The van der Waals surface area contributed by atoms with Gasteiger partial charge in [0.25, 0.3) is 5.56 Å². The molecule has 2 rings (SSSR count). The summed E-state index contributed by atoms with van der Waals surface area (Å²) >= 11 is 0. The van der Waals surface area contributed by atoms with Crippen molar-refractivity contribution in [2.24, 2.45) is 0 Å². The molecule has 0 spiro atoms. The largest absolute Gasteiger partial charge is 0.491 e. The molecule has 0 unspecified atom stereocenters. The lowest BCUT2D eigenvalue weighted by Crippen LogP contribution is -2.34. The molecule has 0 bridgehead atoms. The summed E-state index contributed by atoms with van der Waals surface area (Å²) in [7, 11) is -1.92. The Morgan fingerprint density at radius 1 is 1.26 bits per heavy atom. The number of H-pyrrole nitrogens is 1. The first-order valence-electron chi connectivity index (χ1n) is 5.41. The monoisotopic (exact) mass is 264 g/mol. The molecule has 98 valence electrons. The zero-order chi connectivity index (χ0) is 14.0. The molecule has 0 saturated heterocycles. The molecule has 0 atom stereocenters. The fourth-order valence-corrected chi connectivity index (χ4v) is 1.65. The Morgan fingerprint density at radius 2 is 2.00 bits per heavy atom. The minimum atomic E-state index is -1.92. The highest BCUT2D eigenvalue weighted by Crippen LogP contribution is 2.02. The summed E-state index contributed by atoms with van der Waals surface area (Å²) in [6.45, 7) is 0.0790. The van der Waals surface area contributed by atoms with E-state index in [0.717, 1.165) is 6.07 Å². The molecule has 1 aromatic carbocycles. The molecule has 0 amide bonds. The highest BCUT2D eigenvalue weighted by atomic mass is 19.1. The normalized spacial score (nSPS) is 10.5. The van der Waals surface area contributed by atoms with Crippen LogP contribution in [0.5, 0.6) is 0 Å². The molecule has 2 aromatic rings. The minimum absolute atomic E-state index is 0.0790. The number of nitrogens with one attached hydrogen (secondary N) is 1. The predicted molar refractivity (Wildman–Crippen MR) is 66.7 cm³/mol. The summed E-state index contributed by atoms with van der Waals surface area (Å²) in [4.78, 5) is 24.4. The fraction of sp³-hybridized carbons (Fsp3) is 0.0909. The van der Waals surface area contributed by atoms with Gasteiger partial charge in [-0.1, -0.05) is 12.1 Å². The van der Waals surface area contributed by atoms with Crippen LogP contribution in [0.25, 0.3) is 0 Å². The third kappa shape index (κ3) is 2.98. The Bertz CT molecular complexity index is 710. The SMILES string of the molecule is O=c1ccn(Cc2ccc(F)c(B(O)O)c2)c(=O)[nH]1. The molecule has 0 radical (unpaired) electrons. The van der Waals surface area contributed by atoms with Crippen molar-refractivity contribution in [2.75, 3.05) is 0 Å². The van der Waals surface area contributed by atoms with Crippen molar-refractivity contribution in [2.45, 2.75) is 6.54 Å². The van der Waals surface area contributed by atoms with Gasteiger partial charge in [-0.05, 0) is 11.6 Å². The standard InChI is InChI=1S/C11H10BFN2O4/c13-9-2-1-7(5-8(9)12(18)19)6-15-4-3-10(16)14-11(15)17/h1-5,18-19H,6H2,(H,14,16,17). The molecule has 19 heavy (non-hydrogen) atoms. The number of rotatable bonds is 3. The third-order valence-corrected chi connectivity index (χ3v) is 2.59. The molecule has 3 N–H and O–H groups in total. The van der Waals surface area contributed by atoms with Crippen LogP contribution >= 0.6 is 0 Å². The topological polar surface area (TPSA) is 95.3 Å². The van der Waals surface area contributed by atoms with Crippen molar-refractivity contribution in [1.29, 1.82) is 0 Å². The summed E-state index contributed by atoms with van der Waals surface area (Å²) in [6.07, 6.45) is 1.31. The van der Waals surface area contributed by atoms with E-state index in [1.165, 1.54) is 29.0 Å². The maximum Gasteiger partial charge on any atom is 0.491 e. The van der Waals surface area contributed by atoms with Crippen LogP contribution in [0.15, 0.2) is 40.1 Å². The van der Waals surface area contributed by atoms with Crippen LogP contribution < -0.4 is 16.7 Å². The molecule has 0 saturated carbocycles. The molecule has 6 nitrogen and oxygen atoms in total. The Labute approximate surface area is 106 Å². The van der Waals surface area contributed by atoms with Gasteiger partial charge in [-0.25, -0.2) is 9.18 Å². The molecular weight excluding hydrogens is 254 g/mol. The highest BCUT2D eigenvalue weighted by Gasteiger charge is 2.16. The smallest absolute Gasteiger partial charge is 0.423 e. The number of hydrogen-bond acceptors (Lipinski definition) is 4. The Balaban J connectivity index is 2.36. The lowest BCUT2D eigenvalue weighted by atomic mass is 9.79. The first kappa shape index (κ1) is 13.3. The first-order valence-corrected chi connectivity index (χ1v) is 5.41. The molecule has 8 heteroatoms. The van der Waals surface area contributed by atoms with E-state index in [2.05, 4.69) is 4.98 Å². The number of halogens is 1. The summed E-state index contributed by atoms with van der Waals surface area (Å²) in [5.41, 5.74) is -0.872. The molecule has 0 aliphatic heterocycles. The van der Waals surface area contributed by atoms with Crippen LogP contribution in [-0.4, -0.2) is 26.7 Å². The molecule has 0 fully saturated rings. The molecule has 0 aliphatic carbocycles. The predicted octanol–water partition coefficient (Wildman–Crippen LogP) is -1.60. The van der Waals surface area contributed by atoms with Gasteiger partial charge >= 0.3 is 12.8 Å². The van der Waals surface area contributed by atoms with Gasteiger partial charge in [0.2, 0.25) is 0 Å². The maximum absolute atomic E-state index is 13.3. The summed E-state index contributed by atoms with van der Waals surface area (Å²) in [5, 5.41) is 18.0. The van der Waals surface area contributed by atoms with Crippen LogP contribution in [0, 0.1) is 5.82 Å². The van der Waals surface area contributed by atoms with Crippen LogP contribution in [-0.2, 0) is 6.54 Å². The van der Waals surface area contributed by atoms with Crippen LogP contribution in [0.4, 0.5) is 4.39 Å². The van der Waals surface area contributed by atoms with Crippen molar-refractivity contribution in [1.82, 2.24) is 9.55 Å². The van der Waals surface area contributed by atoms with Gasteiger partial charge in [-0.3, -0.25) is 14.3 Å². The summed E-state index contributed by atoms with van der Waals surface area (Å²) in [6, 6.07) is 4.93. The van der Waals surface area contributed by atoms with Crippen LogP contribution in [0.3, 0.4) is 0 Å². The zero-order valence-corrected chi connectivity index (χ0v) is 9.71. The van der Waals surface area contributed by atoms with Gasteiger partial charge in [0.05, 0.1) is 6.54 Å². The molecule has 1 aromatic heterocycles. The van der Waals surface area contributed by atoms with Crippen molar-refractivity contribution in [3.05, 3.63) is 62.7 Å². The van der Waals surface area contributed by atoms with Gasteiger partial charge in [-0.2, -0.15) is 0 Å². The third-order valence-electron chi connectivity index (χ3n) is 2.59. The number of aromatic nitrogens is 2. The second-order valence-corrected chi connectivity index (χ2v) is 3.97. The molecule has 1 heterocycles. The Morgan fingerprint density at radius 3 is 2.63 bits per heavy atom. The first-order chi connectivity index (χ1) is 8.97. The Kier molecular flexibility index (Phi) is 3.63. The highest BCUT2D eigenvalue weighted by molar-refractivity contribution is 6.58. The van der Waals surface area contributed by atoms with Crippen molar-refractivity contribution in [3.8, 4) is 0 Å². The van der Waals surface area contributed by atoms with E-state index < -0.39 is 24.2 Å². The van der Waals surface area contributed by atoms with E-state index in [9.17, 15) is 14.0 Å². The van der Waals surface area contributed by atoms with E-state index in [1.807, 2.05) is 0 Å². The second kappa shape index (κ2) is 5.21. The number of aromatic amines is 1. The van der Waals surface area contributed by atoms with Gasteiger partial charge in [0.1, 0.15) is 5.82 Å². The molecular formula is C11H10BFN2O4.